The summed E-state index contributed by atoms with van der Waals surface area (Å²) in [5.74, 6) is -0.0587. The summed E-state index contributed by atoms with van der Waals surface area (Å²) in [6.45, 7) is 4.68. The molecule has 0 saturated carbocycles. The summed E-state index contributed by atoms with van der Waals surface area (Å²) >= 11 is 0. The number of piperazine rings is 1. The van der Waals surface area contributed by atoms with Crippen molar-refractivity contribution in [3.05, 3.63) is 30.3 Å². The molecule has 1 unspecified atom stereocenters. The molecule has 0 aliphatic carbocycles. The number of nitrogens with zero attached hydrogens (tertiary/aromatic N) is 2. The molecule has 122 valence electrons. The van der Waals surface area contributed by atoms with Gasteiger partial charge in [-0.3, -0.25) is 14.5 Å². The van der Waals surface area contributed by atoms with Gasteiger partial charge in [-0.15, -0.1) is 12.4 Å². The van der Waals surface area contributed by atoms with Gasteiger partial charge < -0.3 is 16.0 Å². The molecule has 0 aromatic heterocycles. The maximum atomic E-state index is 12.0. The van der Waals surface area contributed by atoms with Crippen LogP contribution in [0.1, 0.15) is 6.92 Å². The van der Waals surface area contributed by atoms with Gasteiger partial charge in [0.05, 0.1) is 12.6 Å². The SMILES string of the molecule is CC(N)C(=O)N1CCN(CC(=O)Nc2ccccc2)CC1.Cl. The molecule has 1 fully saturated rings. The number of hydrogen-bond donors (Lipinski definition) is 2. The third kappa shape index (κ3) is 5.29. The second-order valence-corrected chi connectivity index (χ2v) is 5.30. The Labute approximate surface area is 137 Å². The summed E-state index contributed by atoms with van der Waals surface area (Å²) in [5.41, 5.74) is 6.40. The number of carbonyl (C=O) groups is 2. The van der Waals surface area contributed by atoms with Crippen molar-refractivity contribution in [3.63, 3.8) is 0 Å². The van der Waals surface area contributed by atoms with E-state index < -0.39 is 6.04 Å². The zero-order valence-corrected chi connectivity index (χ0v) is 13.5. The highest BCUT2D eigenvalue weighted by Crippen LogP contribution is 2.07. The van der Waals surface area contributed by atoms with Crippen LogP contribution in [0.2, 0.25) is 0 Å². The summed E-state index contributed by atoms with van der Waals surface area (Å²) in [4.78, 5) is 27.5. The molecule has 0 radical (unpaired) electrons. The smallest absolute Gasteiger partial charge is 0.239 e. The fourth-order valence-corrected chi connectivity index (χ4v) is 2.34. The molecule has 1 aliphatic rings. The van der Waals surface area contributed by atoms with Crippen LogP contribution in [0.4, 0.5) is 5.69 Å². The lowest BCUT2D eigenvalue weighted by Crippen LogP contribution is -2.53. The molecule has 3 N–H and O–H groups in total. The van der Waals surface area contributed by atoms with Gasteiger partial charge in [0, 0.05) is 31.9 Å². The maximum absolute atomic E-state index is 12.0. The minimum absolute atomic E-state index is 0. The van der Waals surface area contributed by atoms with Crippen molar-refractivity contribution in [1.29, 1.82) is 0 Å². The van der Waals surface area contributed by atoms with Crippen LogP contribution in [-0.4, -0.2) is 60.4 Å². The van der Waals surface area contributed by atoms with E-state index >= 15 is 0 Å². The number of benzene rings is 1. The highest BCUT2D eigenvalue weighted by molar-refractivity contribution is 5.92. The van der Waals surface area contributed by atoms with Crippen molar-refractivity contribution in [2.24, 2.45) is 5.73 Å². The zero-order valence-electron chi connectivity index (χ0n) is 12.7. The van der Waals surface area contributed by atoms with E-state index in [2.05, 4.69) is 5.32 Å². The van der Waals surface area contributed by atoms with Crippen LogP contribution in [-0.2, 0) is 9.59 Å². The fraction of sp³-hybridized carbons (Fsp3) is 0.467. The van der Waals surface area contributed by atoms with Crippen LogP contribution >= 0.6 is 12.4 Å². The Hall–Kier alpha value is -1.63. The van der Waals surface area contributed by atoms with Gasteiger partial charge in [-0.05, 0) is 19.1 Å². The lowest BCUT2D eigenvalue weighted by atomic mass is 10.2. The maximum Gasteiger partial charge on any atom is 0.239 e. The first-order valence-electron chi connectivity index (χ1n) is 7.18. The number of nitrogens with two attached hydrogens (primary N) is 1. The van der Waals surface area contributed by atoms with Gasteiger partial charge in [0.15, 0.2) is 0 Å². The third-order valence-corrected chi connectivity index (χ3v) is 3.50. The molecule has 7 heteroatoms. The van der Waals surface area contributed by atoms with Crippen molar-refractivity contribution >= 4 is 29.9 Å². The summed E-state index contributed by atoms with van der Waals surface area (Å²) in [6.07, 6.45) is 0. The topological polar surface area (TPSA) is 78.7 Å². The third-order valence-electron chi connectivity index (χ3n) is 3.50. The van der Waals surface area contributed by atoms with Crippen LogP contribution in [0.25, 0.3) is 0 Å². The first-order valence-corrected chi connectivity index (χ1v) is 7.18. The number of carbonyl (C=O) groups excluding carboxylic acids is 2. The Morgan fingerprint density at radius 3 is 2.32 bits per heavy atom. The predicted octanol–water partition coefficient (Wildman–Crippen LogP) is 0.538. The molecule has 1 atom stereocenters. The van der Waals surface area contributed by atoms with Crippen LogP contribution in [0, 0.1) is 0 Å². The standard InChI is InChI=1S/C15H22N4O2.ClH/c1-12(16)15(21)19-9-7-18(8-10-19)11-14(20)17-13-5-3-2-4-6-13;/h2-6,12H,7-11,16H2,1H3,(H,17,20);1H. The van der Waals surface area contributed by atoms with Gasteiger partial charge in [-0.25, -0.2) is 0 Å². The second-order valence-electron chi connectivity index (χ2n) is 5.30. The summed E-state index contributed by atoms with van der Waals surface area (Å²) < 4.78 is 0. The Bertz CT molecular complexity index is 488. The Morgan fingerprint density at radius 2 is 1.77 bits per heavy atom. The molecule has 22 heavy (non-hydrogen) atoms. The monoisotopic (exact) mass is 326 g/mol. The Kier molecular flexibility index (Phi) is 7.31. The van der Waals surface area contributed by atoms with Crippen LogP contribution in [0.15, 0.2) is 30.3 Å². The largest absolute Gasteiger partial charge is 0.339 e. The molecule has 1 aromatic rings. The zero-order chi connectivity index (χ0) is 15.2. The highest BCUT2D eigenvalue weighted by Gasteiger charge is 2.23. The van der Waals surface area contributed by atoms with E-state index in [4.69, 9.17) is 5.73 Å². The molecule has 1 heterocycles. The lowest BCUT2D eigenvalue weighted by Gasteiger charge is -2.35. The Morgan fingerprint density at radius 1 is 1.18 bits per heavy atom. The Balaban J connectivity index is 0.00000242. The van der Waals surface area contributed by atoms with E-state index in [9.17, 15) is 9.59 Å². The summed E-state index contributed by atoms with van der Waals surface area (Å²) in [6, 6.07) is 8.93. The van der Waals surface area contributed by atoms with Crippen molar-refractivity contribution in [1.82, 2.24) is 9.80 Å². The first kappa shape index (κ1) is 18.4. The number of halogens is 1. The summed E-state index contributed by atoms with van der Waals surface area (Å²) in [7, 11) is 0. The molecule has 1 saturated heterocycles. The number of hydrogen-bond acceptors (Lipinski definition) is 4. The molecular weight excluding hydrogens is 304 g/mol. The quantitative estimate of drug-likeness (QED) is 0.846. The van der Waals surface area contributed by atoms with E-state index in [1.54, 1.807) is 11.8 Å². The highest BCUT2D eigenvalue weighted by atomic mass is 35.5. The molecule has 2 rings (SSSR count). The van der Waals surface area contributed by atoms with Gasteiger partial charge in [-0.1, -0.05) is 18.2 Å². The van der Waals surface area contributed by atoms with Gasteiger partial charge in [-0.2, -0.15) is 0 Å². The number of rotatable bonds is 4. The average molecular weight is 327 g/mol. The van der Waals surface area contributed by atoms with E-state index in [0.717, 1.165) is 5.69 Å². The second kappa shape index (κ2) is 8.73. The molecule has 1 aromatic carbocycles. The first-order chi connectivity index (χ1) is 10.1. The number of amides is 2. The summed E-state index contributed by atoms with van der Waals surface area (Å²) in [5, 5.41) is 2.86. The van der Waals surface area contributed by atoms with Crippen LogP contribution < -0.4 is 11.1 Å². The van der Waals surface area contributed by atoms with E-state index in [1.807, 2.05) is 35.2 Å². The molecule has 1 aliphatic heterocycles. The van der Waals surface area contributed by atoms with Crippen molar-refractivity contribution in [2.45, 2.75) is 13.0 Å². The van der Waals surface area contributed by atoms with Crippen molar-refractivity contribution < 1.29 is 9.59 Å². The lowest BCUT2D eigenvalue weighted by molar-refractivity contribution is -0.134. The van der Waals surface area contributed by atoms with Crippen molar-refractivity contribution in [3.8, 4) is 0 Å². The minimum Gasteiger partial charge on any atom is -0.339 e. The van der Waals surface area contributed by atoms with E-state index in [-0.39, 0.29) is 24.2 Å². The van der Waals surface area contributed by atoms with Gasteiger partial charge >= 0.3 is 0 Å². The molecule has 0 bridgehead atoms. The van der Waals surface area contributed by atoms with Crippen LogP contribution in [0.5, 0.6) is 0 Å². The molecular formula is C15H23ClN4O2. The predicted molar refractivity (Wildman–Crippen MR) is 89.0 cm³/mol. The number of para-hydroxylation sites is 1. The average Bonchev–Trinajstić information content (AvgIpc) is 2.48. The molecule has 2 amide bonds. The van der Waals surface area contributed by atoms with Crippen molar-refractivity contribution in [2.75, 3.05) is 38.0 Å². The normalized spacial score (nSPS) is 16.5. The van der Waals surface area contributed by atoms with Gasteiger partial charge in [0.2, 0.25) is 11.8 Å². The van der Waals surface area contributed by atoms with E-state index in [1.165, 1.54) is 0 Å². The van der Waals surface area contributed by atoms with Gasteiger partial charge in [0.25, 0.3) is 0 Å². The molecule has 6 nitrogen and oxygen atoms in total. The van der Waals surface area contributed by atoms with Crippen LogP contribution in [0.3, 0.4) is 0 Å². The van der Waals surface area contributed by atoms with Gasteiger partial charge in [0.1, 0.15) is 0 Å². The minimum atomic E-state index is -0.460. The number of nitrogens with one attached hydrogen (secondary N) is 1. The fourth-order valence-electron chi connectivity index (χ4n) is 2.34. The number of anilines is 1. The van der Waals surface area contributed by atoms with E-state index in [0.29, 0.717) is 32.7 Å². The molecule has 0 spiro atoms.